The van der Waals surface area contributed by atoms with Crippen LogP contribution in [0.4, 0.5) is 5.69 Å². The van der Waals surface area contributed by atoms with Crippen LogP contribution in [0.3, 0.4) is 0 Å². The van der Waals surface area contributed by atoms with E-state index in [0.29, 0.717) is 17.9 Å². The topological polar surface area (TPSA) is 84.5 Å². The molecule has 0 radical (unpaired) electrons. The molecule has 6 nitrogen and oxygen atoms in total. The first-order valence-electron chi connectivity index (χ1n) is 7.96. The van der Waals surface area contributed by atoms with Crippen LogP contribution in [0.1, 0.15) is 22.8 Å². The Kier molecular flexibility index (Phi) is 6.71. The molecule has 130 valence electrons. The molecule has 0 aromatic heterocycles. The predicted octanol–water partition coefficient (Wildman–Crippen LogP) is 2.16. The zero-order valence-electron chi connectivity index (χ0n) is 14.0. The SMILES string of the molecule is CCOC(=O)c1ccc(NC(=O)CNC(=O)Cc2ccccc2)cc1. The molecule has 6 heteroatoms. The van der Waals surface area contributed by atoms with Crippen LogP contribution in [-0.2, 0) is 20.7 Å². The van der Waals surface area contributed by atoms with Gasteiger partial charge in [0.05, 0.1) is 25.1 Å². The largest absolute Gasteiger partial charge is 0.462 e. The maximum Gasteiger partial charge on any atom is 0.338 e. The Morgan fingerprint density at radius 1 is 0.920 bits per heavy atom. The fraction of sp³-hybridized carbons (Fsp3) is 0.211. The van der Waals surface area contributed by atoms with Crippen molar-refractivity contribution in [3.63, 3.8) is 0 Å². The number of rotatable bonds is 7. The first-order valence-corrected chi connectivity index (χ1v) is 7.96. The van der Waals surface area contributed by atoms with Gasteiger partial charge in [0.25, 0.3) is 0 Å². The summed E-state index contributed by atoms with van der Waals surface area (Å²) in [6, 6.07) is 15.6. The second-order valence-electron chi connectivity index (χ2n) is 5.29. The second-order valence-corrected chi connectivity index (χ2v) is 5.29. The maximum atomic E-state index is 11.9. The lowest BCUT2D eigenvalue weighted by Gasteiger charge is -2.08. The number of ether oxygens (including phenoxy) is 1. The van der Waals surface area contributed by atoms with Crippen LogP contribution in [0.15, 0.2) is 54.6 Å². The summed E-state index contributed by atoms with van der Waals surface area (Å²) in [5, 5.41) is 5.23. The molecule has 0 saturated heterocycles. The highest BCUT2D eigenvalue weighted by molar-refractivity contribution is 5.95. The molecular formula is C19H20N2O4. The number of benzene rings is 2. The van der Waals surface area contributed by atoms with Crippen molar-refractivity contribution >= 4 is 23.5 Å². The van der Waals surface area contributed by atoms with Gasteiger partial charge in [0.2, 0.25) is 11.8 Å². The van der Waals surface area contributed by atoms with E-state index in [1.807, 2.05) is 30.3 Å². The molecule has 0 saturated carbocycles. The van der Waals surface area contributed by atoms with E-state index in [2.05, 4.69) is 10.6 Å². The zero-order chi connectivity index (χ0) is 18.1. The molecule has 2 rings (SSSR count). The Balaban J connectivity index is 1.78. The van der Waals surface area contributed by atoms with E-state index in [-0.39, 0.29) is 24.8 Å². The van der Waals surface area contributed by atoms with E-state index in [1.54, 1.807) is 31.2 Å². The number of hydrogen-bond acceptors (Lipinski definition) is 4. The second kappa shape index (κ2) is 9.22. The highest BCUT2D eigenvalue weighted by Crippen LogP contribution is 2.10. The molecule has 0 spiro atoms. The van der Waals surface area contributed by atoms with Gasteiger partial charge in [-0.1, -0.05) is 30.3 Å². The van der Waals surface area contributed by atoms with Gasteiger partial charge in [0, 0.05) is 5.69 Å². The standard InChI is InChI=1S/C19H20N2O4/c1-2-25-19(24)15-8-10-16(11-9-15)21-18(23)13-20-17(22)12-14-6-4-3-5-7-14/h3-11H,2,12-13H2,1H3,(H,20,22)(H,21,23). The third kappa shape index (κ3) is 6.10. The fourth-order valence-corrected chi connectivity index (χ4v) is 2.13. The summed E-state index contributed by atoms with van der Waals surface area (Å²) in [6.07, 6.45) is 0.225. The first kappa shape index (κ1) is 18.2. The lowest BCUT2D eigenvalue weighted by atomic mass is 10.1. The van der Waals surface area contributed by atoms with Crippen molar-refractivity contribution in [2.45, 2.75) is 13.3 Å². The van der Waals surface area contributed by atoms with Crippen LogP contribution < -0.4 is 10.6 Å². The molecule has 0 aliphatic heterocycles. The molecule has 0 heterocycles. The molecule has 2 amide bonds. The minimum absolute atomic E-state index is 0.120. The van der Waals surface area contributed by atoms with Crippen LogP contribution >= 0.6 is 0 Å². The third-order valence-corrected chi connectivity index (χ3v) is 3.33. The molecule has 0 fully saturated rings. The lowest BCUT2D eigenvalue weighted by molar-refractivity contribution is -0.123. The van der Waals surface area contributed by atoms with Crippen LogP contribution in [0.25, 0.3) is 0 Å². The third-order valence-electron chi connectivity index (χ3n) is 3.33. The van der Waals surface area contributed by atoms with Gasteiger partial charge in [-0.2, -0.15) is 0 Å². The van der Waals surface area contributed by atoms with E-state index < -0.39 is 5.97 Å². The van der Waals surface area contributed by atoms with Crippen molar-refractivity contribution in [1.82, 2.24) is 5.32 Å². The number of carbonyl (C=O) groups is 3. The zero-order valence-corrected chi connectivity index (χ0v) is 14.0. The average Bonchev–Trinajstić information content (AvgIpc) is 2.62. The molecule has 2 N–H and O–H groups in total. The van der Waals surface area contributed by atoms with Gasteiger partial charge in [-0.3, -0.25) is 9.59 Å². The van der Waals surface area contributed by atoms with Gasteiger partial charge in [0.1, 0.15) is 0 Å². The normalized spacial score (nSPS) is 9.96. The van der Waals surface area contributed by atoms with Gasteiger partial charge >= 0.3 is 5.97 Å². The summed E-state index contributed by atoms with van der Waals surface area (Å²) in [4.78, 5) is 35.2. The summed E-state index contributed by atoms with van der Waals surface area (Å²) in [7, 11) is 0. The summed E-state index contributed by atoms with van der Waals surface area (Å²) in [5.41, 5.74) is 1.83. The van der Waals surface area contributed by atoms with Crippen LogP contribution in [0.2, 0.25) is 0 Å². The van der Waals surface area contributed by atoms with Gasteiger partial charge < -0.3 is 15.4 Å². The Morgan fingerprint density at radius 2 is 1.60 bits per heavy atom. The Hall–Kier alpha value is -3.15. The van der Waals surface area contributed by atoms with Gasteiger partial charge in [-0.25, -0.2) is 4.79 Å². The highest BCUT2D eigenvalue weighted by atomic mass is 16.5. The van der Waals surface area contributed by atoms with E-state index in [0.717, 1.165) is 5.56 Å². The molecule has 0 atom stereocenters. The summed E-state index contributed by atoms with van der Waals surface area (Å²) < 4.78 is 4.89. The van der Waals surface area contributed by atoms with Gasteiger partial charge in [-0.05, 0) is 36.8 Å². The number of amides is 2. The van der Waals surface area contributed by atoms with Crippen molar-refractivity contribution < 1.29 is 19.1 Å². The summed E-state index contributed by atoms with van der Waals surface area (Å²) >= 11 is 0. The van der Waals surface area contributed by atoms with Crippen molar-refractivity contribution in [2.75, 3.05) is 18.5 Å². The molecule has 0 bridgehead atoms. The number of carbonyl (C=O) groups excluding carboxylic acids is 3. The first-order chi connectivity index (χ1) is 12.1. The number of nitrogens with one attached hydrogen (secondary N) is 2. The van der Waals surface area contributed by atoms with Crippen LogP contribution in [0.5, 0.6) is 0 Å². The number of esters is 1. The minimum Gasteiger partial charge on any atom is -0.462 e. The van der Waals surface area contributed by atoms with Crippen LogP contribution in [0, 0.1) is 0 Å². The maximum absolute atomic E-state index is 11.9. The van der Waals surface area contributed by atoms with E-state index in [9.17, 15) is 14.4 Å². The monoisotopic (exact) mass is 340 g/mol. The Morgan fingerprint density at radius 3 is 2.24 bits per heavy atom. The molecule has 2 aromatic rings. The predicted molar refractivity (Wildman–Crippen MR) is 94.2 cm³/mol. The van der Waals surface area contributed by atoms with Crippen molar-refractivity contribution in [3.05, 3.63) is 65.7 Å². The lowest BCUT2D eigenvalue weighted by Crippen LogP contribution is -2.33. The molecule has 0 aliphatic rings. The Labute approximate surface area is 146 Å². The molecule has 25 heavy (non-hydrogen) atoms. The quantitative estimate of drug-likeness (QED) is 0.757. The minimum atomic E-state index is -0.409. The van der Waals surface area contributed by atoms with Crippen molar-refractivity contribution in [2.24, 2.45) is 0 Å². The van der Waals surface area contributed by atoms with Gasteiger partial charge in [-0.15, -0.1) is 0 Å². The van der Waals surface area contributed by atoms with E-state index in [4.69, 9.17) is 4.74 Å². The van der Waals surface area contributed by atoms with Crippen LogP contribution in [-0.4, -0.2) is 30.9 Å². The smallest absolute Gasteiger partial charge is 0.338 e. The average molecular weight is 340 g/mol. The highest BCUT2D eigenvalue weighted by Gasteiger charge is 2.09. The summed E-state index contributed by atoms with van der Waals surface area (Å²) in [6.45, 7) is 1.92. The number of anilines is 1. The molecule has 0 unspecified atom stereocenters. The Bertz CT molecular complexity index is 727. The van der Waals surface area contributed by atoms with E-state index >= 15 is 0 Å². The summed E-state index contributed by atoms with van der Waals surface area (Å²) in [5.74, 6) is -0.974. The molecular weight excluding hydrogens is 320 g/mol. The molecule has 0 aliphatic carbocycles. The van der Waals surface area contributed by atoms with Crippen molar-refractivity contribution in [3.8, 4) is 0 Å². The van der Waals surface area contributed by atoms with E-state index in [1.165, 1.54) is 0 Å². The fourth-order valence-electron chi connectivity index (χ4n) is 2.13. The van der Waals surface area contributed by atoms with Crippen molar-refractivity contribution in [1.29, 1.82) is 0 Å². The number of hydrogen-bond donors (Lipinski definition) is 2. The molecule has 2 aromatic carbocycles. The van der Waals surface area contributed by atoms with Gasteiger partial charge in [0.15, 0.2) is 0 Å².